The van der Waals surface area contributed by atoms with Gasteiger partial charge in [-0.25, -0.2) is 13.4 Å². The largest absolute Gasteiger partial charge is 0.341 e. The summed E-state index contributed by atoms with van der Waals surface area (Å²) in [5, 5.41) is 2.89. The van der Waals surface area contributed by atoms with Crippen LogP contribution in [0.15, 0.2) is 29.8 Å². The molecule has 0 aliphatic carbocycles. The van der Waals surface area contributed by atoms with Crippen LogP contribution in [0.1, 0.15) is 22.8 Å². The van der Waals surface area contributed by atoms with Gasteiger partial charge in [0.1, 0.15) is 0 Å². The molecule has 3 heterocycles. The van der Waals surface area contributed by atoms with Gasteiger partial charge in [0.25, 0.3) is 0 Å². The van der Waals surface area contributed by atoms with E-state index in [9.17, 15) is 13.2 Å². The number of aromatic nitrogens is 2. The molecule has 6 nitrogen and oxygen atoms in total. The number of amides is 1. The van der Waals surface area contributed by atoms with E-state index in [0.717, 1.165) is 29.2 Å². The second-order valence-electron chi connectivity index (χ2n) is 6.29. The summed E-state index contributed by atoms with van der Waals surface area (Å²) >= 11 is 1.55. The van der Waals surface area contributed by atoms with Crippen LogP contribution in [0, 0.1) is 0 Å². The summed E-state index contributed by atoms with van der Waals surface area (Å²) in [6.45, 7) is 0. The van der Waals surface area contributed by atoms with E-state index < -0.39 is 9.84 Å². The van der Waals surface area contributed by atoms with E-state index in [2.05, 4.69) is 9.97 Å². The van der Waals surface area contributed by atoms with Gasteiger partial charge < -0.3 is 4.90 Å². The van der Waals surface area contributed by atoms with E-state index in [0.29, 0.717) is 6.42 Å². The molecule has 1 aliphatic rings. The highest BCUT2D eigenvalue weighted by Gasteiger charge is 2.32. The third-order valence-electron chi connectivity index (χ3n) is 4.40. The highest BCUT2D eigenvalue weighted by Crippen LogP contribution is 2.18. The minimum atomic E-state index is -2.99. The van der Waals surface area contributed by atoms with Gasteiger partial charge in [-0.1, -0.05) is 6.07 Å². The Morgan fingerprint density at radius 1 is 1.32 bits per heavy atom. The molecule has 0 spiro atoms. The Labute approximate surface area is 151 Å². The minimum Gasteiger partial charge on any atom is -0.341 e. The van der Waals surface area contributed by atoms with Crippen molar-refractivity contribution in [3.05, 3.63) is 46.2 Å². The van der Waals surface area contributed by atoms with Gasteiger partial charge in [-0.3, -0.25) is 9.78 Å². The predicted octanol–water partition coefficient (Wildman–Crippen LogP) is 1.51. The monoisotopic (exact) mass is 379 g/mol. The number of nitrogens with zero attached hydrogens (tertiary/aromatic N) is 3. The minimum absolute atomic E-state index is 0.0711. The summed E-state index contributed by atoms with van der Waals surface area (Å²) in [6.07, 6.45) is 4.14. The molecule has 1 amide bonds. The molecule has 1 atom stereocenters. The molecule has 1 saturated heterocycles. The molecule has 0 radical (unpaired) electrons. The zero-order chi connectivity index (χ0) is 17.9. The lowest BCUT2D eigenvalue weighted by Crippen LogP contribution is -2.38. The molecule has 2 aromatic heterocycles. The van der Waals surface area contributed by atoms with Crippen LogP contribution in [0.2, 0.25) is 0 Å². The number of pyridine rings is 1. The first-order chi connectivity index (χ1) is 11.9. The quantitative estimate of drug-likeness (QED) is 0.760. The number of sulfone groups is 1. The van der Waals surface area contributed by atoms with E-state index in [-0.39, 0.29) is 29.9 Å². The Morgan fingerprint density at radius 3 is 2.84 bits per heavy atom. The maximum absolute atomic E-state index is 12.4. The first kappa shape index (κ1) is 18.0. The summed E-state index contributed by atoms with van der Waals surface area (Å²) in [4.78, 5) is 22.8. The van der Waals surface area contributed by atoms with E-state index in [4.69, 9.17) is 0 Å². The molecule has 8 heteroatoms. The highest BCUT2D eigenvalue weighted by molar-refractivity contribution is 7.91. The molecular weight excluding hydrogens is 358 g/mol. The Balaban J connectivity index is 1.53. The van der Waals surface area contributed by atoms with Gasteiger partial charge in [0.15, 0.2) is 9.84 Å². The Bertz CT molecular complexity index is 834. The van der Waals surface area contributed by atoms with Crippen molar-refractivity contribution in [1.82, 2.24) is 14.9 Å². The third-order valence-corrected chi connectivity index (χ3v) is 7.11. The standard InChI is InChI=1S/C17H21N3O3S2/c1-20(15-7-9-25(22,23)12-15)17(21)10-14-11-24-16(19-14)6-5-13-4-2-3-8-18-13/h2-4,8,11,15H,5-7,9-10,12H2,1H3. The summed E-state index contributed by atoms with van der Waals surface area (Å²) in [5.41, 5.74) is 1.77. The van der Waals surface area contributed by atoms with Crippen LogP contribution in [0.3, 0.4) is 0 Å². The van der Waals surface area contributed by atoms with Crippen molar-refractivity contribution in [2.24, 2.45) is 0 Å². The molecule has 1 fully saturated rings. The summed E-state index contributed by atoms with van der Waals surface area (Å²) in [6, 6.07) is 5.64. The molecule has 1 unspecified atom stereocenters. The number of carbonyl (C=O) groups is 1. The Morgan fingerprint density at radius 2 is 2.16 bits per heavy atom. The fourth-order valence-electron chi connectivity index (χ4n) is 2.89. The van der Waals surface area contributed by atoms with E-state index in [1.807, 2.05) is 23.6 Å². The van der Waals surface area contributed by atoms with Crippen molar-refractivity contribution in [2.75, 3.05) is 18.6 Å². The second kappa shape index (κ2) is 7.61. The Hall–Kier alpha value is -1.80. The molecule has 0 saturated carbocycles. The number of aryl methyl sites for hydroxylation is 2. The maximum Gasteiger partial charge on any atom is 0.228 e. The molecule has 3 rings (SSSR count). The van der Waals surface area contributed by atoms with Crippen molar-refractivity contribution in [3.63, 3.8) is 0 Å². The average Bonchev–Trinajstić information content (AvgIpc) is 3.19. The molecule has 25 heavy (non-hydrogen) atoms. The van der Waals surface area contributed by atoms with Crippen molar-refractivity contribution >= 4 is 27.1 Å². The van der Waals surface area contributed by atoms with Crippen LogP contribution in [0.5, 0.6) is 0 Å². The van der Waals surface area contributed by atoms with Crippen LogP contribution in [-0.2, 0) is 33.9 Å². The van der Waals surface area contributed by atoms with Gasteiger partial charge in [0.05, 0.1) is 28.6 Å². The average molecular weight is 380 g/mol. The summed E-state index contributed by atoms with van der Waals surface area (Å²) in [5.74, 6) is 0.161. The summed E-state index contributed by atoms with van der Waals surface area (Å²) < 4.78 is 23.1. The zero-order valence-electron chi connectivity index (χ0n) is 14.1. The van der Waals surface area contributed by atoms with Crippen LogP contribution >= 0.6 is 11.3 Å². The number of hydrogen-bond acceptors (Lipinski definition) is 6. The van der Waals surface area contributed by atoms with Crippen molar-refractivity contribution in [3.8, 4) is 0 Å². The van der Waals surface area contributed by atoms with Gasteiger partial charge >= 0.3 is 0 Å². The molecule has 0 aromatic carbocycles. The number of thiazole rings is 1. The third kappa shape index (κ3) is 4.85. The van der Waals surface area contributed by atoms with Crippen LogP contribution < -0.4 is 0 Å². The van der Waals surface area contributed by atoms with Gasteiger partial charge in [-0.2, -0.15) is 0 Å². The fourth-order valence-corrected chi connectivity index (χ4v) is 5.46. The van der Waals surface area contributed by atoms with Crippen LogP contribution in [0.25, 0.3) is 0 Å². The molecule has 2 aromatic rings. The van der Waals surface area contributed by atoms with Crippen LogP contribution in [-0.4, -0.2) is 53.8 Å². The van der Waals surface area contributed by atoms with Gasteiger partial charge in [0.2, 0.25) is 5.91 Å². The van der Waals surface area contributed by atoms with E-state index in [1.165, 1.54) is 0 Å². The number of hydrogen-bond donors (Lipinski definition) is 0. The molecular formula is C17H21N3O3S2. The lowest BCUT2D eigenvalue weighted by molar-refractivity contribution is -0.130. The molecule has 0 bridgehead atoms. The van der Waals surface area contributed by atoms with Gasteiger partial charge in [0, 0.05) is 36.8 Å². The molecule has 134 valence electrons. The summed E-state index contributed by atoms with van der Waals surface area (Å²) in [7, 11) is -1.31. The maximum atomic E-state index is 12.4. The van der Waals surface area contributed by atoms with Crippen molar-refractivity contribution in [2.45, 2.75) is 31.7 Å². The molecule has 0 N–H and O–H groups in total. The van der Waals surface area contributed by atoms with Crippen molar-refractivity contribution < 1.29 is 13.2 Å². The lowest BCUT2D eigenvalue weighted by atomic mass is 10.2. The number of carbonyl (C=O) groups excluding carboxylic acids is 1. The van der Waals surface area contributed by atoms with Crippen LogP contribution in [0.4, 0.5) is 0 Å². The first-order valence-electron chi connectivity index (χ1n) is 8.22. The first-order valence-corrected chi connectivity index (χ1v) is 10.9. The van der Waals surface area contributed by atoms with Crippen molar-refractivity contribution in [1.29, 1.82) is 0 Å². The Kier molecular flexibility index (Phi) is 5.48. The smallest absolute Gasteiger partial charge is 0.228 e. The topological polar surface area (TPSA) is 80.2 Å². The lowest BCUT2D eigenvalue weighted by Gasteiger charge is -2.23. The normalized spacial score (nSPS) is 19.0. The molecule has 1 aliphatic heterocycles. The predicted molar refractivity (Wildman–Crippen MR) is 97.3 cm³/mol. The SMILES string of the molecule is CN(C(=O)Cc1csc(CCc2ccccn2)n1)C1CCS(=O)(=O)C1. The second-order valence-corrected chi connectivity index (χ2v) is 9.46. The highest BCUT2D eigenvalue weighted by atomic mass is 32.2. The van der Waals surface area contributed by atoms with E-state index in [1.54, 1.807) is 29.5 Å². The fraction of sp³-hybridized carbons (Fsp3) is 0.471. The number of likely N-dealkylation sites (N-methyl/N-ethyl adjacent to an activating group) is 1. The van der Waals surface area contributed by atoms with Gasteiger partial charge in [-0.05, 0) is 25.0 Å². The zero-order valence-corrected chi connectivity index (χ0v) is 15.7. The van der Waals surface area contributed by atoms with Gasteiger partial charge in [-0.15, -0.1) is 11.3 Å². The van der Waals surface area contributed by atoms with E-state index >= 15 is 0 Å². The number of rotatable bonds is 6.